The number of carbonyl (C=O) groups excluding carboxylic acids is 1. The van der Waals surface area contributed by atoms with Crippen molar-refractivity contribution >= 4 is 34.4 Å². The molecule has 0 aliphatic rings. The molecule has 0 aliphatic heterocycles. The molecule has 1 unspecified atom stereocenters. The van der Waals surface area contributed by atoms with Gasteiger partial charge in [0.05, 0.1) is 17.7 Å². The fourth-order valence-corrected chi connectivity index (χ4v) is 4.70. The van der Waals surface area contributed by atoms with Crippen molar-refractivity contribution in [3.63, 3.8) is 0 Å². The fraction of sp³-hybridized carbons (Fsp3) is 0.440. The van der Waals surface area contributed by atoms with Crippen LogP contribution in [0.15, 0.2) is 44.9 Å². The van der Waals surface area contributed by atoms with Crippen LogP contribution in [0.4, 0.5) is 5.69 Å². The molecule has 10 heteroatoms. The highest BCUT2D eigenvalue weighted by Crippen LogP contribution is 2.30. The van der Waals surface area contributed by atoms with Crippen LogP contribution in [-0.4, -0.2) is 36.8 Å². The number of hydrogen-bond acceptors (Lipinski definition) is 7. The van der Waals surface area contributed by atoms with Gasteiger partial charge in [-0.2, -0.15) is 5.26 Å². The van der Waals surface area contributed by atoms with Gasteiger partial charge in [-0.15, -0.1) is 0 Å². The number of aromatic nitrogens is 4. The molecule has 3 aromatic rings. The highest BCUT2D eigenvalue weighted by Gasteiger charge is 2.26. The molecule has 2 heterocycles. The molecule has 184 valence electrons. The second kappa shape index (κ2) is 11.3. The van der Waals surface area contributed by atoms with Crippen molar-refractivity contribution in [3.8, 4) is 6.07 Å². The second-order valence-electron chi connectivity index (χ2n) is 8.53. The van der Waals surface area contributed by atoms with Crippen LogP contribution >= 0.6 is 11.8 Å². The molecule has 3 rings (SSSR count). The molecule has 0 saturated carbocycles. The molecule has 0 fully saturated rings. The predicted molar refractivity (Wildman–Crippen MR) is 138 cm³/mol. The van der Waals surface area contributed by atoms with Gasteiger partial charge in [0.1, 0.15) is 16.2 Å². The lowest BCUT2D eigenvalue weighted by Gasteiger charge is -2.25. The number of benzene rings is 1. The van der Waals surface area contributed by atoms with E-state index in [-0.39, 0.29) is 30.2 Å². The minimum absolute atomic E-state index is 0.0459. The van der Waals surface area contributed by atoms with Crippen molar-refractivity contribution in [2.45, 2.75) is 63.3 Å². The molecular formula is C25H30N6O3S. The number of nitriles is 1. The average molecular weight is 495 g/mol. The van der Waals surface area contributed by atoms with E-state index >= 15 is 0 Å². The van der Waals surface area contributed by atoms with E-state index in [1.807, 2.05) is 51.1 Å². The molecule has 0 aliphatic carbocycles. The smallest absolute Gasteiger partial charge is 0.310 e. The lowest BCUT2D eigenvalue weighted by molar-refractivity contribution is -0.117. The maximum Gasteiger partial charge on any atom is 0.332 e. The maximum absolute atomic E-state index is 13.5. The quantitative estimate of drug-likeness (QED) is 0.331. The number of amides is 1. The Bertz CT molecular complexity index is 1370. The number of thioether (sulfide) groups is 1. The van der Waals surface area contributed by atoms with Gasteiger partial charge in [0.25, 0.3) is 5.56 Å². The summed E-state index contributed by atoms with van der Waals surface area (Å²) in [5.74, 6) is 0.255. The Morgan fingerprint density at radius 1 is 1.17 bits per heavy atom. The van der Waals surface area contributed by atoms with Gasteiger partial charge in [-0.3, -0.25) is 18.7 Å². The monoisotopic (exact) mass is 494 g/mol. The van der Waals surface area contributed by atoms with Crippen LogP contribution in [0.2, 0.25) is 0 Å². The van der Waals surface area contributed by atoms with Crippen LogP contribution in [0.25, 0.3) is 11.0 Å². The largest absolute Gasteiger partial charge is 0.332 e. The Kier molecular flexibility index (Phi) is 8.46. The number of hydrogen-bond donors (Lipinski definition) is 0. The Morgan fingerprint density at radius 3 is 2.46 bits per heavy atom. The Labute approximate surface area is 208 Å². The summed E-state index contributed by atoms with van der Waals surface area (Å²) in [6.07, 6.45) is 0.881. The lowest BCUT2D eigenvalue weighted by Crippen LogP contribution is -2.39. The summed E-state index contributed by atoms with van der Waals surface area (Å²) in [5, 5.41) is 9.09. The van der Waals surface area contributed by atoms with Crippen LogP contribution < -0.4 is 16.1 Å². The Balaban J connectivity index is 2.13. The first kappa shape index (κ1) is 26.2. The van der Waals surface area contributed by atoms with E-state index in [0.717, 1.165) is 4.57 Å². The van der Waals surface area contributed by atoms with E-state index in [4.69, 9.17) is 5.26 Å². The number of para-hydroxylation sites is 1. The van der Waals surface area contributed by atoms with Crippen LogP contribution in [0.1, 0.15) is 52.3 Å². The summed E-state index contributed by atoms with van der Waals surface area (Å²) in [6, 6.07) is 11.3. The van der Waals surface area contributed by atoms with E-state index in [9.17, 15) is 14.4 Å². The maximum atomic E-state index is 13.5. The lowest BCUT2D eigenvalue weighted by atomic mass is 10.2. The van der Waals surface area contributed by atoms with E-state index in [1.54, 1.807) is 11.8 Å². The number of carbonyl (C=O) groups is 1. The molecule has 0 radical (unpaired) electrons. The highest BCUT2D eigenvalue weighted by molar-refractivity contribution is 8.00. The van der Waals surface area contributed by atoms with Crippen molar-refractivity contribution in [3.05, 3.63) is 57.0 Å². The third-order valence-electron chi connectivity index (χ3n) is 5.55. The van der Waals surface area contributed by atoms with Gasteiger partial charge in [-0.1, -0.05) is 50.7 Å². The Hall–Kier alpha value is -3.45. The van der Waals surface area contributed by atoms with E-state index in [2.05, 4.69) is 16.0 Å². The van der Waals surface area contributed by atoms with E-state index in [0.29, 0.717) is 35.2 Å². The summed E-state index contributed by atoms with van der Waals surface area (Å²) in [7, 11) is 1.44. The zero-order valence-corrected chi connectivity index (χ0v) is 21.5. The van der Waals surface area contributed by atoms with Crippen LogP contribution in [0, 0.1) is 11.3 Å². The van der Waals surface area contributed by atoms with Crippen molar-refractivity contribution in [1.82, 2.24) is 19.1 Å². The zero-order chi connectivity index (χ0) is 25.7. The first-order valence-corrected chi connectivity index (χ1v) is 12.5. The highest BCUT2D eigenvalue weighted by atomic mass is 32.2. The van der Waals surface area contributed by atoms with Crippen LogP contribution in [0.3, 0.4) is 0 Å². The van der Waals surface area contributed by atoms with E-state index < -0.39 is 16.5 Å². The molecule has 0 N–H and O–H groups in total. The molecule has 0 spiro atoms. The van der Waals surface area contributed by atoms with Gasteiger partial charge < -0.3 is 4.90 Å². The minimum atomic E-state index is -0.608. The van der Waals surface area contributed by atoms with Crippen molar-refractivity contribution < 1.29 is 4.79 Å². The van der Waals surface area contributed by atoms with Gasteiger partial charge in [0.15, 0.2) is 5.65 Å². The second-order valence-corrected chi connectivity index (χ2v) is 9.86. The fourth-order valence-electron chi connectivity index (χ4n) is 3.70. The summed E-state index contributed by atoms with van der Waals surface area (Å²) >= 11 is 1.17. The van der Waals surface area contributed by atoms with Gasteiger partial charge in [0.2, 0.25) is 5.91 Å². The van der Waals surface area contributed by atoms with Crippen molar-refractivity contribution in [2.24, 2.45) is 7.05 Å². The number of fused-ring (bicyclic) bond motifs is 1. The predicted octanol–water partition coefficient (Wildman–Crippen LogP) is 3.45. The minimum Gasteiger partial charge on any atom is -0.310 e. The van der Waals surface area contributed by atoms with Gasteiger partial charge in [-0.05, 0) is 25.5 Å². The first-order valence-electron chi connectivity index (χ1n) is 11.6. The third kappa shape index (κ3) is 5.46. The number of nitrogens with zero attached hydrogens (tertiary/aromatic N) is 6. The molecular weight excluding hydrogens is 464 g/mol. The molecule has 9 nitrogen and oxygen atoms in total. The zero-order valence-electron chi connectivity index (χ0n) is 20.7. The SMILES string of the molecule is CCCn1c(=O)n(C)c(=O)c2c(SC(C)C(=O)N(CCC#N)c3ccccc3)nc(C(C)C)nc21. The molecule has 0 saturated heterocycles. The molecule has 35 heavy (non-hydrogen) atoms. The van der Waals surface area contributed by atoms with Crippen molar-refractivity contribution in [2.75, 3.05) is 11.4 Å². The first-order chi connectivity index (χ1) is 16.7. The number of aryl methyl sites for hydroxylation is 1. The topological polar surface area (TPSA) is 114 Å². The number of anilines is 1. The molecule has 2 aromatic heterocycles. The van der Waals surface area contributed by atoms with Crippen LogP contribution in [0.5, 0.6) is 0 Å². The van der Waals surface area contributed by atoms with Gasteiger partial charge in [-0.25, -0.2) is 14.8 Å². The number of rotatable bonds is 9. The molecule has 1 aromatic carbocycles. The Morgan fingerprint density at radius 2 is 1.86 bits per heavy atom. The average Bonchev–Trinajstić information content (AvgIpc) is 2.85. The summed E-state index contributed by atoms with van der Waals surface area (Å²) < 4.78 is 2.57. The summed E-state index contributed by atoms with van der Waals surface area (Å²) in [5.41, 5.74) is 0.0808. The summed E-state index contributed by atoms with van der Waals surface area (Å²) in [4.78, 5) is 50.3. The molecule has 1 atom stereocenters. The molecule has 0 bridgehead atoms. The standard InChI is InChI=1S/C25H30N6O3S/c1-6-14-31-21-19(24(33)29(5)25(31)34)22(28-20(27-21)16(2)3)35-17(4)23(32)30(15-10-13-26)18-11-8-7-9-12-18/h7-9,11-12,16-17H,6,10,14-15H2,1-5H3. The summed E-state index contributed by atoms with van der Waals surface area (Å²) in [6.45, 7) is 8.24. The normalized spacial score (nSPS) is 12.0. The van der Waals surface area contributed by atoms with Crippen molar-refractivity contribution in [1.29, 1.82) is 5.26 Å². The van der Waals surface area contributed by atoms with E-state index in [1.165, 1.54) is 23.4 Å². The third-order valence-corrected chi connectivity index (χ3v) is 6.62. The van der Waals surface area contributed by atoms with Gasteiger partial charge >= 0.3 is 5.69 Å². The van der Waals surface area contributed by atoms with Crippen LogP contribution in [-0.2, 0) is 18.4 Å². The molecule has 1 amide bonds. The van der Waals surface area contributed by atoms with Gasteiger partial charge in [0, 0.05) is 31.7 Å².